The topological polar surface area (TPSA) is 48.3 Å². The lowest BCUT2D eigenvalue weighted by Gasteiger charge is -2.04. The van der Waals surface area contributed by atoms with Crippen LogP contribution >= 0.6 is 11.6 Å². The van der Waals surface area contributed by atoms with Crippen molar-refractivity contribution in [3.63, 3.8) is 0 Å². The van der Waals surface area contributed by atoms with Gasteiger partial charge in [0.15, 0.2) is 5.75 Å². The number of carbonyl (C=O) groups excluding carboxylic acids is 2. The molecule has 0 aliphatic rings. The zero-order valence-corrected chi connectivity index (χ0v) is 13.4. The summed E-state index contributed by atoms with van der Waals surface area (Å²) in [5, 5.41) is 1.29. The summed E-state index contributed by atoms with van der Waals surface area (Å²) < 4.78 is 6.72. The molecule has 0 radical (unpaired) electrons. The van der Waals surface area contributed by atoms with Gasteiger partial charge in [-0.15, -0.1) is 0 Å². The molecule has 0 bridgehead atoms. The number of nitrogens with zero attached hydrogens (tertiary/aromatic N) is 1. The third-order valence-electron chi connectivity index (χ3n) is 3.49. The Balaban J connectivity index is 2.15. The van der Waals surface area contributed by atoms with E-state index in [9.17, 15) is 9.59 Å². The molecule has 0 aliphatic carbocycles. The van der Waals surface area contributed by atoms with E-state index in [1.807, 2.05) is 25.1 Å². The highest BCUT2D eigenvalue weighted by Gasteiger charge is 2.17. The van der Waals surface area contributed by atoms with Crippen molar-refractivity contribution < 1.29 is 14.3 Å². The first-order valence-corrected chi connectivity index (χ1v) is 7.44. The Bertz CT molecular complexity index is 910. The van der Waals surface area contributed by atoms with Crippen molar-refractivity contribution >= 4 is 34.4 Å². The van der Waals surface area contributed by atoms with E-state index in [1.54, 1.807) is 30.5 Å². The molecule has 0 N–H and O–H groups in total. The highest BCUT2D eigenvalue weighted by atomic mass is 35.5. The first kappa shape index (κ1) is 15.3. The smallest absolute Gasteiger partial charge is 0.308 e. The molecule has 0 amide bonds. The van der Waals surface area contributed by atoms with Crippen LogP contribution in [0.25, 0.3) is 10.9 Å². The average molecular weight is 328 g/mol. The predicted octanol–water partition coefficient (Wildman–Crippen LogP) is 4.22. The largest absolute Gasteiger partial charge is 0.424 e. The molecule has 0 unspecified atom stereocenters. The number of benzene rings is 2. The van der Waals surface area contributed by atoms with Crippen LogP contribution in [0, 0.1) is 6.92 Å². The third-order valence-corrected chi connectivity index (χ3v) is 3.74. The molecule has 3 aromatic rings. The van der Waals surface area contributed by atoms with Crippen molar-refractivity contribution in [2.24, 2.45) is 0 Å². The maximum Gasteiger partial charge on any atom is 0.308 e. The van der Waals surface area contributed by atoms with Crippen molar-refractivity contribution in [1.29, 1.82) is 0 Å². The van der Waals surface area contributed by atoms with Crippen molar-refractivity contribution in [3.05, 3.63) is 64.8 Å². The summed E-state index contributed by atoms with van der Waals surface area (Å²) in [7, 11) is 0. The highest BCUT2D eigenvalue weighted by molar-refractivity contribution is 6.30. The number of ether oxygens (including phenoxy) is 1. The molecule has 1 aromatic heterocycles. The molecule has 23 heavy (non-hydrogen) atoms. The van der Waals surface area contributed by atoms with Crippen LogP contribution in [0.15, 0.2) is 48.7 Å². The second kappa shape index (κ2) is 5.89. The lowest BCUT2D eigenvalue weighted by molar-refractivity contribution is -0.131. The van der Waals surface area contributed by atoms with Crippen molar-refractivity contribution in [2.75, 3.05) is 0 Å². The van der Waals surface area contributed by atoms with Crippen LogP contribution < -0.4 is 4.74 Å². The summed E-state index contributed by atoms with van der Waals surface area (Å²) in [6.45, 7) is 3.27. The van der Waals surface area contributed by atoms with E-state index >= 15 is 0 Å². The lowest BCUT2D eigenvalue weighted by atomic mass is 10.1. The second-order valence-electron chi connectivity index (χ2n) is 5.29. The summed E-state index contributed by atoms with van der Waals surface area (Å²) in [6.07, 6.45) is 1.54. The summed E-state index contributed by atoms with van der Waals surface area (Å²) in [4.78, 5) is 24.0. The number of halogens is 1. The van der Waals surface area contributed by atoms with Gasteiger partial charge >= 0.3 is 5.97 Å². The fraction of sp³-hybridized carbons (Fsp3) is 0.111. The molecular formula is C18H14ClNO3. The van der Waals surface area contributed by atoms with E-state index in [2.05, 4.69) is 0 Å². The average Bonchev–Trinajstić information content (AvgIpc) is 2.84. The first-order chi connectivity index (χ1) is 11.0. The number of hydrogen-bond acceptors (Lipinski definition) is 3. The van der Waals surface area contributed by atoms with E-state index in [0.717, 1.165) is 10.9 Å². The zero-order valence-electron chi connectivity index (χ0n) is 12.7. The molecule has 116 valence electrons. The first-order valence-electron chi connectivity index (χ1n) is 7.06. The standard InChI is InChI=1S/C18H14ClNO3/c1-11-3-8-16-15(9-11)17(23-12(2)21)10-20(16)18(22)13-4-6-14(19)7-5-13/h3-10H,1-2H3. The fourth-order valence-electron chi connectivity index (χ4n) is 2.45. The molecule has 3 rings (SSSR count). The fourth-order valence-corrected chi connectivity index (χ4v) is 2.58. The van der Waals surface area contributed by atoms with Crippen LogP contribution in [0.2, 0.25) is 5.02 Å². The van der Waals surface area contributed by atoms with Gasteiger partial charge in [-0.1, -0.05) is 23.2 Å². The van der Waals surface area contributed by atoms with Crippen LogP contribution in [0.1, 0.15) is 22.8 Å². The number of aromatic nitrogens is 1. The third kappa shape index (κ3) is 2.98. The van der Waals surface area contributed by atoms with Gasteiger partial charge in [0.05, 0.1) is 11.7 Å². The Labute approximate surface area is 138 Å². The number of aryl methyl sites for hydroxylation is 1. The van der Waals surface area contributed by atoms with E-state index in [-0.39, 0.29) is 5.91 Å². The highest BCUT2D eigenvalue weighted by Crippen LogP contribution is 2.30. The monoisotopic (exact) mass is 327 g/mol. The summed E-state index contributed by atoms with van der Waals surface area (Å²) in [5.74, 6) is -0.267. The number of carbonyl (C=O) groups is 2. The van der Waals surface area contributed by atoms with Crippen molar-refractivity contribution in [2.45, 2.75) is 13.8 Å². The van der Waals surface area contributed by atoms with Gasteiger partial charge in [-0.2, -0.15) is 0 Å². The number of hydrogen-bond donors (Lipinski definition) is 0. The van der Waals surface area contributed by atoms with Gasteiger partial charge in [0.1, 0.15) is 0 Å². The molecule has 0 aliphatic heterocycles. The molecule has 5 heteroatoms. The second-order valence-corrected chi connectivity index (χ2v) is 5.73. The van der Waals surface area contributed by atoms with Crippen LogP contribution in [-0.4, -0.2) is 16.4 Å². The van der Waals surface area contributed by atoms with E-state index in [4.69, 9.17) is 16.3 Å². The molecule has 1 heterocycles. The summed E-state index contributed by atoms with van der Waals surface area (Å²) in [6, 6.07) is 12.3. The van der Waals surface area contributed by atoms with Gasteiger partial charge in [-0.25, -0.2) is 0 Å². The molecule has 0 spiro atoms. The predicted molar refractivity (Wildman–Crippen MR) is 89.2 cm³/mol. The Hall–Kier alpha value is -2.59. The van der Waals surface area contributed by atoms with E-state index in [1.165, 1.54) is 11.5 Å². The number of fused-ring (bicyclic) bond motifs is 1. The zero-order chi connectivity index (χ0) is 16.6. The van der Waals surface area contributed by atoms with E-state index < -0.39 is 5.97 Å². The minimum atomic E-state index is -0.426. The molecule has 0 saturated carbocycles. The Morgan fingerprint density at radius 1 is 1.09 bits per heavy atom. The van der Waals surface area contributed by atoms with Crippen LogP contribution in [0.3, 0.4) is 0 Å². The van der Waals surface area contributed by atoms with Gasteiger partial charge in [-0.05, 0) is 43.3 Å². The van der Waals surface area contributed by atoms with Crippen LogP contribution in [0.5, 0.6) is 5.75 Å². The molecule has 0 atom stereocenters. The quantitative estimate of drug-likeness (QED) is 0.662. The SMILES string of the molecule is CC(=O)Oc1cn(C(=O)c2ccc(Cl)cc2)c2ccc(C)cc12. The van der Waals surface area contributed by atoms with Crippen molar-refractivity contribution in [1.82, 2.24) is 4.57 Å². The minimum absolute atomic E-state index is 0.214. The van der Waals surface area contributed by atoms with Gasteiger partial charge in [0.25, 0.3) is 5.91 Å². The van der Waals surface area contributed by atoms with Gasteiger partial charge < -0.3 is 4.74 Å². The Morgan fingerprint density at radius 3 is 2.43 bits per heavy atom. The van der Waals surface area contributed by atoms with Crippen LogP contribution in [-0.2, 0) is 4.79 Å². The van der Waals surface area contributed by atoms with E-state index in [0.29, 0.717) is 21.9 Å². The minimum Gasteiger partial charge on any atom is -0.424 e. The molecule has 4 nitrogen and oxygen atoms in total. The van der Waals surface area contributed by atoms with Gasteiger partial charge in [0.2, 0.25) is 0 Å². The van der Waals surface area contributed by atoms with Crippen LogP contribution in [0.4, 0.5) is 0 Å². The van der Waals surface area contributed by atoms with Gasteiger partial charge in [0, 0.05) is 22.9 Å². The molecule has 0 saturated heterocycles. The lowest BCUT2D eigenvalue weighted by Crippen LogP contribution is -2.10. The summed E-state index contributed by atoms with van der Waals surface area (Å²) >= 11 is 5.86. The normalized spacial score (nSPS) is 10.7. The Morgan fingerprint density at radius 2 is 1.78 bits per heavy atom. The summed E-state index contributed by atoms with van der Waals surface area (Å²) in [5.41, 5.74) is 2.20. The van der Waals surface area contributed by atoms with Crippen molar-refractivity contribution in [3.8, 4) is 5.75 Å². The Kier molecular flexibility index (Phi) is 3.92. The molecular weight excluding hydrogens is 314 g/mol. The maximum absolute atomic E-state index is 12.7. The molecule has 2 aromatic carbocycles. The number of rotatable bonds is 2. The van der Waals surface area contributed by atoms with Gasteiger partial charge in [-0.3, -0.25) is 14.2 Å². The maximum atomic E-state index is 12.7. The molecule has 0 fully saturated rings. The number of esters is 1.